The number of hydrogen-bond acceptors (Lipinski definition) is 15. The predicted octanol–water partition coefficient (Wildman–Crippen LogP) is 12.2. The molecule has 11 atom stereocenters. The maximum absolute atomic E-state index is 16.8. The molecule has 1 amide bonds. The van der Waals surface area contributed by atoms with Crippen molar-refractivity contribution in [1.82, 2.24) is 5.32 Å². The largest absolute Gasteiger partial charge is 0.456 e. The minimum absolute atomic E-state index is 0.0701. The van der Waals surface area contributed by atoms with Gasteiger partial charge in [-0.25, -0.2) is 9.59 Å². The van der Waals surface area contributed by atoms with Gasteiger partial charge in [0.25, 0.3) is 5.91 Å². The summed E-state index contributed by atoms with van der Waals surface area (Å²) in [6.07, 6.45) is -8.88. The molecule has 1 heterocycles. The van der Waals surface area contributed by atoms with E-state index in [-0.39, 0.29) is 57.7 Å². The van der Waals surface area contributed by atoms with E-state index in [4.69, 9.17) is 32.5 Å². The Morgan fingerprint density at radius 2 is 1.21 bits per heavy atom. The number of amides is 1. The van der Waals surface area contributed by atoms with Crippen LogP contribution in [0.3, 0.4) is 0 Å². The Bertz CT molecular complexity index is 3190. The van der Waals surface area contributed by atoms with E-state index in [0.717, 1.165) is 0 Å². The highest BCUT2D eigenvalue weighted by atomic mass is 28.4. The first-order chi connectivity index (χ1) is 41.0. The van der Waals surface area contributed by atoms with Crippen molar-refractivity contribution in [1.29, 1.82) is 0 Å². The topological polar surface area (TPSA) is 216 Å². The second-order valence-electron chi connectivity index (χ2n) is 26.0. The lowest BCUT2D eigenvalue weighted by Gasteiger charge is -2.68. The summed E-state index contributed by atoms with van der Waals surface area (Å²) in [5.41, 5.74) is -5.82. The smallest absolute Gasteiger partial charge is 0.338 e. The summed E-state index contributed by atoms with van der Waals surface area (Å²) in [6, 6.07) is 33.0. The van der Waals surface area contributed by atoms with Gasteiger partial charge in [-0.05, 0) is 89.6 Å². The zero-order valence-corrected chi connectivity index (χ0v) is 55.2. The molecule has 0 aromatic heterocycles. The average Bonchev–Trinajstić information content (AvgIpc) is 0.672. The molecular formula is C69H89NO15Si2. The Balaban J connectivity index is 1.34. The van der Waals surface area contributed by atoms with Gasteiger partial charge < -0.3 is 43.0 Å². The fourth-order valence-electron chi connectivity index (χ4n) is 15.3. The van der Waals surface area contributed by atoms with Crippen molar-refractivity contribution in [3.05, 3.63) is 154 Å². The molecule has 4 aromatic carbocycles. The third-order valence-corrected chi connectivity index (χ3v) is 30.9. The van der Waals surface area contributed by atoms with Crippen LogP contribution in [0.4, 0.5) is 0 Å². The number of esters is 4. The maximum Gasteiger partial charge on any atom is 0.338 e. The fourth-order valence-corrected chi connectivity index (χ4v) is 23.7. The minimum atomic E-state index is -3.15. The van der Waals surface area contributed by atoms with Crippen LogP contribution in [-0.2, 0) is 51.7 Å². The van der Waals surface area contributed by atoms with Crippen molar-refractivity contribution in [3.63, 3.8) is 0 Å². The molecule has 16 nitrogen and oxygen atoms in total. The second kappa shape index (κ2) is 26.0. The Morgan fingerprint density at radius 3 is 1.70 bits per heavy atom. The van der Waals surface area contributed by atoms with Gasteiger partial charge in [-0.15, -0.1) is 0 Å². The molecule has 1 aliphatic heterocycles. The van der Waals surface area contributed by atoms with Gasteiger partial charge in [-0.3, -0.25) is 24.0 Å². The van der Waals surface area contributed by atoms with E-state index in [1.165, 1.54) is 13.8 Å². The lowest BCUT2D eigenvalue weighted by atomic mass is 9.44. The van der Waals surface area contributed by atoms with Crippen molar-refractivity contribution in [2.75, 3.05) is 6.61 Å². The lowest BCUT2D eigenvalue weighted by molar-refractivity contribution is -0.344. The molecule has 468 valence electrons. The zero-order valence-electron chi connectivity index (χ0n) is 53.2. The van der Waals surface area contributed by atoms with Gasteiger partial charge in [0.1, 0.15) is 23.9 Å². The first kappa shape index (κ1) is 66.5. The summed E-state index contributed by atoms with van der Waals surface area (Å²) < 4.78 is 47.9. The Hall–Kier alpha value is -6.42. The van der Waals surface area contributed by atoms with E-state index in [0.29, 0.717) is 34.8 Å². The molecule has 0 spiro atoms. The van der Waals surface area contributed by atoms with Crippen LogP contribution in [0.1, 0.15) is 165 Å². The summed E-state index contributed by atoms with van der Waals surface area (Å²) >= 11 is 0. The van der Waals surface area contributed by atoms with E-state index in [2.05, 4.69) is 67.6 Å². The van der Waals surface area contributed by atoms with Crippen LogP contribution in [0.25, 0.3) is 0 Å². The zero-order chi connectivity index (χ0) is 63.8. The molecule has 2 saturated carbocycles. The SMILES string of the molecule is CC[Si](CC)(CC)O[C@H]1C[C@H]2OC[C@@]2(OC(C)=O)[C@H]2[C@H](OC(=O)c3ccccc3)[C@]3(O)C[C@H](OC(=O)[C@H](O[Si](C(C)C)(C(C)C)C(C)C)[C@@H](NC(=O)c4ccc(C(=O)c5ccccc5)cc4)c4ccccc4)C(C)=C([C@@H](OC(C)=O)C(=O)[C@]12C)C3(C)C. The number of carbonyl (C=O) groups excluding carboxylic acids is 7. The average molecular weight is 1230 g/mol. The molecule has 2 bridgehead atoms. The third kappa shape index (κ3) is 12.0. The van der Waals surface area contributed by atoms with Crippen LogP contribution in [0, 0.1) is 16.7 Å². The molecule has 3 aliphatic carbocycles. The number of Topliss-reactive ketones (excluding diaryl/α,β-unsaturated/α-hetero) is 1. The number of rotatable bonds is 22. The Morgan fingerprint density at radius 1 is 0.690 bits per heavy atom. The van der Waals surface area contributed by atoms with Crippen LogP contribution >= 0.6 is 0 Å². The standard InChI is InChI=1S/C69H89NO15Si2/c1-16-86(17-2,18-3)84-53-38-54-68(40-79-54,83-46(12)72)60-62(82-64(76)51-32-26-21-27-33-51)69(78)39-52(44(10)55(66(69,13)14)58(80-45(11)71)61(74)67(53,60)15)81-65(77)59(85-87(41(4)5,42(6)7)43(8)9)56(47-28-22-19-23-29-47)70-63(75)50-36-34-49(35-37-50)57(73)48-30-24-20-25-31-48/h19-37,41-43,52-54,56,58-60,62,78H,16-18,38-40H2,1-15H3,(H,70,75)/t52-,53-,54+,56-,58+,59+,60-,62-,67+,68-,69+/m0/s1. The van der Waals surface area contributed by atoms with Crippen molar-refractivity contribution < 1.29 is 71.2 Å². The van der Waals surface area contributed by atoms with E-state index < -0.39 is 129 Å². The lowest BCUT2D eigenvalue weighted by Crippen LogP contribution is -2.82. The number of nitrogens with one attached hydrogen (secondary N) is 1. The summed E-state index contributed by atoms with van der Waals surface area (Å²) in [5, 5.41) is 17.8. The molecule has 0 radical (unpaired) electrons. The van der Waals surface area contributed by atoms with Gasteiger partial charge >= 0.3 is 23.9 Å². The van der Waals surface area contributed by atoms with Gasteiger partial charge in [-0.1, -0.05) is 167 Å². The molecule has 4 aliphatic rings. The van der Waals surface area contributed by atoms with E-state index in [1.54, 1.807) is 131 Å². The Kier molecular flexibility index (Phi) is 19.9. The van der Waals surface area contributed by atoms with Crippen LogP contribution in [0.15, 0.2) is 126 Å². The maximum atomic E-state index is 16.8. The molecule has 1 saturated heterocycles. The first-order valence-corrected chi connectivity index (χ1v) is 35.5. The highest BCUT2D eigenvalue weighted by Crippen LogP contribution is 2.65. The van der Waals surface area contributed by atoms with E-state index in [9.17, 15) is 24.3 Å². The first-order valence-electron chi connectivity index (χ1n) is 30.9. The molecular weight excluding hydrogens is 1140 g/mol. The summed E-state index contributed by atoms with van der Waals surface area (Å²) in [7, 11) is -5.85. The highest BCUT2D eigenvalue weighted by molar-refractivity contribution is 6.77. The molecule has 87 heavy (non-hydrogen) atoms. The van der Waals surface area contributed by atoms with E-state index >= 15 is 14.4 Å². The summed E-state index contributed by atoms with van der Waals surface area (Å²) in [6.45, 7) is 27.5. The normalized spacial score (nSPS) is 26.7. The fraction of sp³-hybridized carbons (Fsp3) is 0.522. The number of ether oxygens (including phenoxy) is 5. The number of aliphatic hydroxyl groups is 1. The van der Waals surface area contributed by atoms with Crippen molar-refractivity contribution >= 4 is 58.0 Å². The molecule has 0 unspecified atom stereocenters. The van der Waals surface area contributed by atoms with E-state index in [1.807, 2.05) is 12.1 Å². The number of fused-ring (bicyclic) bond motifs is 5. The number of carbonyl (C=O) groups is 7. The summed E-state index contributed by atoms with van der Waals surface area (Å²) in [5.74, 6) is -6.23. The monoisotopic (exact) mass is 1230 g/mol. The Labute approximate surface area is 515 Å². The van der Waals surface area contributed by atoms with Crippen LogP contribution in [0.2, 0.25) is 34.8 Å². The van der Waals surface area contributed by atoms with Crippen molar-refractivity contribution in [2.24, 2.45) is 16.7 Å². The quantitative estimate of drug-likeness (QED) is 0.0246. The van der Waals surface area contributed by atoms with Gasteiger partial charge in [0, 0.05) is 48.8 Å². The van der Waals surface area contributed by atoms with Gasteiger partial charge in [0.15, 0.2) is 37.7 Å². The predicted molar refractivity (Wildman–Crippen MR) is 334 cm³/mol. The second-order valence-corrected chi connectivity index (χ2v) is 36.1. The number of ketones is 2. The molecule has 3 fully saturated rings. The van der Waals surface area contributed by atoms with Crippen molar-refractivity contribution in [3.8, 4) is 0 Å². The molecule has 2 N–H and O–H groups in total. The van der Waals surface area contributed by atoms with Crippen LogP contribution in [-0.4, -0.2) is 118 Å². The van der Waals surface area contributed by atoms with Gasteiger partial charge in [-0.2, -0.15) is 0 Å². The van der Waals surface area contributed by atoms with Gasteiger partial charge in [0.2, 0.25) is 8.32 Å². The third-order valence-electron chi connectivity index (χ3n) is 20.2. The minimum Gasteiger partial charge on any atom is -0.456 e. The summed E-state index contributed by atoms with van der Waals surface area (Å²) in [4.78, 5) is 104. The van der Waals surface area contributed by atoms with Gasteiger partial charge in [0.05, 0.1) is 35.6 Å². The molecule has 18 heteroatoms. The number of benzene rings is 4. The van der Waals surface area contributed by atoms with Crippen molar-refractivity contribution in [2.45, 2.75) is 205 Å². The van der Waals surface area contributed by atoms with Crippen LogP contribution < -0.4 is 5.32 Å². The highest BCUT2D eigenvalue weighted by Gasteiger charge is 2.79. The number of hydrogen-bond donors (Lipinski definition) is 2. The molecule has 4 aromatic rings. The van der Waals surface area contributed by atoms with Crippen LogP contribution in [0.5, 0.6) is 0 Å². The molecule has 8 rings (SSSR count).